The molecule has 3 N–H and O–H groups in total. The summed E-state index contributed by atoms with van der Waals surface area (Å²) in [6.45, 7) is 4.52. The van der Waals surface area contributed by atoms with Crippen LogP contribution in [0.3, 0.4) is 0 Å². The molecule has 11 heteroatoms. The van der Waals surface area contributed by atoms with Crippen LogP contribution in [0, 0.1) is 6.92 Å². The van der Waals surface area contributed by atoms with E-state index in [-0.39, 0.29) is 11.8 Å². The average Bonchev–Trinajstić information content (AvgIpc) is 3.20. The summed E-state index contributed by atoms with van der Waals surface area (Å²) in [5.41, 5.74) is 5.65. The third-order valence-corrected chi connectivity index (χ3v) is 4.88. The fraction of sp³-hybridized carbons (Fsp3) is 0.400. The van der Waals surface area contributed by atoms with Gasteiger partial charge in [-0.3, -0.25) is 0 Å². The number of nitrogens with one attached hydrogen (secondary N) is 1. The minimum Gasteiger partial charge on any atom is -0.471 e. The van der Waals surface area contributed by atoms with Crippen LogP contribution in [0.5, 0.6) is 5.88 Å². The number of nitrogen functional groups attached to an aromatic ring is 1. The number of hydrogen-bond acceptors (Lipinski definition) is 8. The van der Waals surface area contributed by atoms with Crippen molar-refractivity contribution in [2.24, 2.45) is 0 Å². The van der Waals surface area contributed by atoms with Crippen molar-refractivity contribution in [1.29, 1.82) is 0 Å². The lowest BCUT2D eigenvalue weighted by Crippen LogP contribution is -2.17. The molecule has 164 valence electrons. The van der Waals surface area contributed by atoms with Gasteiger partial charge >= 0.3 is 6.18 Å². The summed E-state index contributed by atoms with van der Waals surface area (Å²) in [5.74, 6) is 1.15. The molecular formula is C20H21F3N6O2. The number of benzene rings is 1. The van der Waals surface area contributed by atoms with Crippen LogP contribution in [0.1, 0.15) is 36.3 Å². The third kappa shape index (κ3) is 4.76. The molecule has 0 aliphatic carbocycles. The second kappa shape index (κ2) is 8.14. The number of alkyl halides is 3. The lowest BCUT2D eigenvalue weighted by molar-refractivity contribution is -0.137. The summed E-state index contributed by atoms with van der Waals surface area (Å²) in [4.78, 5) is 8.69. The van der Waals surface area contributed by atoms with Crippen LogP contribution in [0.4, 0.5) is 24.7 Å². The van der Waals surface area contributed by atoms with Crippen molar-refractivity contribution in [3.63, 3.8) is 0 Å². The molecule has 0 radical (unpaired) electrons. The van der Waals surface area contributed by atoms with Crippen LogP contribution in [-0.4, -0.2) is 39.5 Å². The number of nitrogens with two attached hydrogens (primary N) is 1. The molecule has 8 nitrogen and oxygen atoms in total. The number of rotatable bonds is 5. The molecule has 0 spiro atoms. The Kier molecular flexibility index (Phi) is 5.52. The molecule has 1 aliphatic rings. The van der Waals surface area contributed by atoms with E-state index < -0.39 is 17.8 Å². The Labute approximate surface area is 176 Å². The highest BCUT2D eigenvalue weighted by Crippen LogP contribution is 2.34. The van der Waals surface area contributed by atoms with E-state index in [1.807, 2.05) is 0 Å². The SMILES string of the molecule is Cc1nc(N[C@H](C)c2cc(N)cc(C(F)(F)F)c2)c2cc(O[C@H]3CCOC3)nnc2n1. The molecule has 3 aromatic rings. The molecular weight excluding hydrogens is 413 g/mol. The maximum atomic E-state index is 13.2. The van der Waals surface area contributed by atoms with Gasteiger partial charge in [0.2, 0.25) is 5.88 Å². The number of hydrogen-bond donors (Lipinski definition) is 2. The van der Waals surface area contributed by atoms with Crippen molar-refractivity contribution >= 4 is 22.5 Å². The van der Waals surface area contributed by atoms with Gasteiger partial charge in [-0.25, -0.2) is 9.97 Å². The second-order valence-corrected chi connectivity index (χ2v) is 7.39. The summed E-state index contributed by atoms with van der Waals surface area (Å²) in [6, 6.07) is 4.61. The van der Waals surface area contributed by atoms with Gasteiger partial charge in [0.15, 0.2) is 5.65 Å². The van der Waals surface area contributed by atoms with Gasteiger partial charge < -0.3 is 20.5 Å². The Morgan fingerprint density at radius 1 is 1.19 bits per heavy atom. The van der Waals surface area contributed by atoms with E-state index in [4.69, 9.17) is 15.2 Å². The van der Waals surface area contributed by atoms with Crippen LogP contribution >= 0.6 is 0 Å². The monoisotopic (exact) mass is 434 g/mol. The second-order valence-electron chi connectivity index (χ2n) is 7.39. The van der Waals surface area contributed by atoms with E-state index in [2.05, 4.69) is 25.5 Å². The van der Waals surface area contributed by atoms with Crippen LogP contribution < -0.4 is 15.8 Å². The van der Waals surface area contributed by atoms with Gasteiger partial charge in [-0.05, 0) is 37.6 Å². The van der Waals surface area contributed by atoms with Gasteiger partial charge in [0.25, 0.3) is 0 Å². The van der Waals surface area contributed by atoms with E-state index in [0.29, 0.717) is 47.3 Å². The lowest BCUT2D eigenvalue weighted by atomic mass is 10.0. The van der Waals surface area contributed by atoms with Crippen LogP contribution in [-0.2, 0) is 10.9 Å². The zero-order valence-corrected chi connectivity index (χ0v) is 16.9. The van der Waals surface area contributed by atoms with E-state index in [0.717, 1.165) is 18.6 Å². The largest absolute Gasteiger partial charge is 0.471 e. The highest BCUT2D eigenvalue weighted by atomic mass is 19.4. The Morgan fingerprint density at radius 3 is 2.71 bits per heavy atom. The molecule has 2 atom stereocenters. The number of aryl methyl sites for hydroxylation is 1. The average molecular weight is 434 g/mol. The molecule has 0 bridgehead atoms. The maximum absolute atomic E-state index is 13.2. The maximum Gasteiger partial charge on any atom is 0.416 e. The molecule has 1 saturated heterocycles. The molecule has 0 unspecified atom stereocenters. The smallest absolute Gasteiger partial charge is 0.416 e. The normalized spacial score (nSPS) is 17.6. The van der Waals surface area contributed by atoms with E-state index in [9.17, 15) is 13.2 Å². The van der Waals surface area contributed by atoms with Gasteiger partial charge in [0.1, 0.15) is 17.7 Å². The highest BCUT2D eigenvalue weighted by molar-refractivity contribution is 5.87. The third-order valence-electron chi connectivity index (χ3n) is 4.88. The minimum absolute atomic E-state index is 0.0301. The molecule has 0 saturated carbocycles. The van der Waals surface area contributed by atoms with Crippen LogP contribution in [0.2, 0.25) is 0 Å². The van der Waals surface area contributed by atoms with Crippen molar-refractivity contribution in [2.75, 3.05) is 24.3 Å². The van der Waals surface area contributed by atoms with E-state index in [1.165, 1.54) is 6.07 Å². The first-order valence-electron chi connectivity index (χ1n) is 9.70. The fourth-order valence-electron chi connectivity index (χ4n) is 3.35. The Bertz CT molecular complexity index is 1100. The van der Waals surface area contributed by atoms with Gasteiger partial charge in [0.05, 0.1) is 30.2 Å². The first-order chi connectivity index (χ1) is 14.7. The summed E-state index contributed by atoms with van der Waals surface area (Å²) >= 11 is 0. The number of anilines is 2. The molecule has 3 heterocycles. The molecule has 1 aliphatic heterocycles. The number of fused-ring (bicyclic) bond motifs is 1. The molecule has 1 aromatic carbocycles. The van der Waals surface area contributed by atoms with Gasteiger partial charge in [-0.2, -0.15) is 13.2 Å². The zero-order valence-electron chi connectivity index (χ0n) is 16.9. The Hall–Kier alpha value is -3.21. The lowest BCUT2D eigenvalue weighted by Gasteiger charge is -2.19. The quantitative estimate of drug-likeness (QED) is 0.586. The number of nitrogens with zero attached hydrogens (tertiary/aromatic N) is 4. The topological polar surface area (TPSA) is 108 Å². The highest BCUT2D eigenvalue weighted by Gasteiger charge is 2.31. The summed E-state index contributed by atoms with van der Waals surface area (Å²) in [5, 5.41) is 11.9. The van der Waals surface area contributed by atoms with Crippen molar-refractivity contribution < 1.29 is 22.6 Å². The van der Waals surface area contributed by atoms with Gasteiger partial charge in [0, 0.05) is 18.2 Å². The molecule has 31 heavy (non-hydrogen) atoms. The van der Waals surface area contributed by atoms with Gasteiger partial charge in [-0.1, -0.05) is 0 Å². The van der Waals surface area contributed by atoms with E-state index >= 15 is 0 Å². The van der Waals surface area contributed by atoms with Gasteiger partial charge in [-0.15, -0.1) is 10.2 Å². The summed E-state index contributed by atoms with van der Waals surface area (Å²) in [6.07, 6.45) is -3.85. The zero-order chi connectivity index (χ0) is 22.2. The van der Waals surface area contributed by atoms with Crippen LogP contribution in [0.15, 0.2) is 24.3 Å². The molecule has 4 rings (SSSR count). The summed E-state index contributed by atoms with van der Waals surface area (Å²) in [7, 11) is 0. The number of ether oxygens (including phenoxy) is 2. The fourth-order valence-corrected chi connectivity index (χ4v) is 3.35. The molecule has 0 amide bonds. The van der Waals surface area contributed by atoms with Crippen molar-refractivity contribution in [3.05, 3.63) is 41.2 Å². The number of aromatic nitrogens is 4. The first kappa shape index (κ1) is 21.0. The molecule has 1 fully saturated rings. The Balaban J connectivity index is 1.66. The first-order valence-corrected chi connectivity index (χ1v) is 9.70. The molecule has 2 aromatic heterocycles. The minimum atomic E-state index is -4.49. The predicted molar refractivity (Wildman–Crippen MR) is 108 cm³/mol. The summed E-state index contributed by atoms with van der Waals surface area (Å²) < 4.78 is 50.6. The van der Waals surface area contributed by atoms with Crippen molar-refractivity contribution in [1.82, 2.24) is 20.2 Å². The number of halogens is 3. The van der Waals surface area contributed by atoms with Crippen LogP contribution in [0.25, 0.3) is 11.0 Å². The van der Waals surface area contributed by atoms with Crippen molar-refractivity contribution in [3.8, 4) is 5.88 Å². The standard InChI is InChI=1S/C20H21F3N6O2/c1-10(12-5-13(20(21,22)23)7-14(24)6-12)25-18-16-8-17(31-15-3-4-30-9-15)28-29-19(16)27-11(2)26-18/h5-8,10,15H,3-4,9,24H2,1-2H3,(H,25,26,27,29)/t10-,15+/m1/s1. The van der Waals surface area contributed by atoms with E-state index in [1.54, 1.807) is 19.9 Å². The Morgan fingerprint density at radius 2 is 2.00 bits per heavy atom. The predicted octanol–water partition coefficient (Wildman–Crippen LogP) is 3.67. The van der Waals surface area contributed by atoms with Crippen molar-refractivity contribution in [2.45, 2.75) is 38.6 Å².